The molecule has 0 aliphatic heterocycles. The molecule has 3 heteroatoms. The Kier molecular flexibility index (Phi) is 4.41. The van der Waals surface area contributed by atoms with E-state index >= 15 is 0 Å². The van der Waals surface area contributed by atoms with Crippen LogP contribution in [0.2, 0.25) is 0 Å². The molecule has 0 spiro atoms. The van der Waals surface area contributed by atoms with Crippen LogP contribution in [0.1, 0.15) is 15.9 Å². The summed E-state index contributed by atoms with van der Waals surface area (Å²) in [6, 6.07) is 15.3. The van der Waals surface area contributed by atoms with Crippen molar-refractivity contribution < 1.29 is 9.53 Å². The molecule has 0 aliphatic carbocycles. The molecule has 0 amide bonds. The summed E-state index contributed by atoms with van der Waals surface area (Å²) in [5.41, 5.74) is 2.86. The Balaban J connectivity index is 2.08. The average molecular weight is 269 g/mol. The lowest BCUT2D eigenvalue weighted by Crippen LogP contribution is -2.25. The molecule has 0 bridgehead atoms. The van der Waals surface area contributed by atoms with Crippen molar-refractivity contribution in [3.63, 3.8) is 0 Å². The van der Waals surface area contributed by atoms with Crippen LogP contribution in [0.4, 0.5) is 5.69 Å². The maximum atomic E-state index is 12.2. The molecule has 0 radical (unpaired) electrons. The van der Waals surface area contributed by atoms with E-state index in [-0.39, 0.29) is 5.78 Å². The molecule has 0 unspecified atom stereocenters. The van der Waals surface area contributed by atoms with Gasteiger partial charge in [-0.25, -0.2) is 0 Å². The molecule has 0 saturated heterocycles. The van der Waals surface area contributed by atoms with Crippen LogP contribution in [0.25, 0.3) is 0 Å². The monoisotopic (exact) mass is 269 g/mol. The zero-order valence-corrected chi connectivity index (χ0v) is 12.1. The molecule has 2 aromatic rings. The van der Waals surface area contributed by atoms with Crippen molar-refractivity contribution in [2.24, 2.45) is 0 Å². The predicted molar refractivity (Wildman–Crippen MR) is 81.8 cm³/mol. The van der Waals surface area contributed by atoms with Crippen molar-refractivity contribution in [1.29, 1.82) is 0 Å². The molecule has 2 aromatic carbocycles. The zero-order chi connectivity index (χ0) is 14.5. The summed E-state index contributed by atoms with van der Waals surface area (Å²) < 4.78 is 5.20. The van der Waals surface area contributed by atoms with Gasteiger partial charge in [-0.1, -0.05) is 35.9 Å². The largest absolute Gasteiger partial charge is 0.497 e. The normalized spacial score (nSPS) is 10.2. The molecule has 0 atom stereocenters. The molecule has 0 heterocycles. The lowest BCUT2D eigenvalue weighted by atomic mass is 10.1. The topological polar surface area (TPSA) is 29.5 Å². The summed E-state index contributed by atoms with van der Waals surface area (Å²) in [6.07, 6.45) is 0. The third-order valence-corrected chi connectivity index (χ3v) is 3.25. The molecule has 0 aliphatic rings. The number of hydrogen-bond donors (Lipinski definition) is 0. The highest BCUT2D eigenvalue weighted by Gasteiger charge is 2.10. The number of carbonyl (C=O) groups excluding carboxylic acids is 1. The predicted octanol–water partition coefficient (Wildman–Crippen LogP) is 3.32. The van der Waals surface area contributed by atoms with Crippen LogP contribution >= 0.6 is 0 Å². The van der Waals surface area contributed by atoms with Crippen LogP contribution in [-0.4, -0.2) is 26.5 Å². The van der Waals surface area contributed by atoms with Crippen molar-refractivity contribution in [2.45, 2.75) is 6.92 Å². The third kappa shape index (κ3) is 3.38. The van der Waals surface area contributed by atoms with Crippen LogP contribution < -0.4 is 9.64 Å². The minimum atomic E-state index is 0.107. The first kappa shape index (κ1) is 14.1. The molecular formula is C17H19NO2. The van der Waals surface area contributed by atoms with E-state index in [1.165, 1.54) is 0 Å². The Morgan fingerprint density at radius 1 is 1.15 bits per heavy atom. The SMILES string of the molecule is COc1cccc(N(C)CC(=O)c2ccc(C)cc2)c1. The maximum absolute atomic E-state index is 12.2. The number of Topliss-reactive ketones (excluding diaryl/α,β-unsaturated/α-hetero) is 1. The lowest BCUT2D eigenvalue weighted by molar-refractivity contribution is 0.100. The van der Waals surface area contributed by atoms with E-state index in [1.54, 1.807) is 7.11 Å². The van der Waals surface area contributed by atoms with Gasteiger partial charge in [0.05, 0.1) is 13.7 Å². The number of rotatable bonds is 5. The molecular weight excluding hydrogens is 250 g/mol. The highest BCUT2D eigenvalue weighted by molar-refractivity contribution is 5.99. The van der Waals surface area contributed by atoms with Gasteiger partial charge in [0.25, 0.3) is 0 Å². The van der Waals surface area contributed by atoms with E-state index < -0.39 is 0 Å². The van der Waals surface area contributed by atoms with Gasteiger partial charge in [0.15, 0.2) is 5.78 Å². The van der Waals surface area contributed by atoms with Gasteiger partial charge in [0.2, 0.25) is 0 Å². The van der Waals surface area contributed by atoms with E-state index in [0.29, 0.717) is 6.54 Å². The quantitative estimate of drug-likeness (QED) is 0.780. The molecule has 0 fully saturated rings. The lowest BCUT2D eigenvalue weighted by Gasteiger charge is -2.19. The molecule has 0 aromatic heterocycles. The Bertz CT molecular complexity index is 590. The fraction of sp³-hybridized carbons (Fsp3) is 0.235. The summed E-state index contributed by atoms with van der Waals surface area (Å²) >= 11 is 0. The van der Waals surface area contributed by atoms with Gasteiger partial charge >= 0.3 is 0 Å². The van der Waals surface area contributed by atoms with Crippen LogP contribution in [0, 0.1) is 6.92 Å². The molecule has 3 nitrogen and oxygen atoms in total. The number of methoxy groups -OCH3 is 1. The highest BCUT2D eigenvalue weighted by atomic mass is 16.5. The number of likely N-dealkylation sites (N-methyl/N-ethyl adjacent to an activating group) is 1. The number of hydrogen-bond acceptors (Lipinski definition) is 3. The van der Waals surface area contributed by atoms with E-state index in [2.05, 4.69) is 0 Å². The molecule has 20 heavy (non-hydrogen) atoms. The summed E-state index contributed by atoms with van der Waals surface area (Å²) in [4.78, 5) is 14.1. The first-order chi connectivity index (χ1) is 9.60. The first-order valence-electron chi connectivity index (χ1n) is 6.55. The second kappa shape index (κ2) is 6.24. The number of carbonyl (C=O) groups is 1. The standard InChI is InChI=1S/C17H19NO2/c1-13-7-9-14(10-8-13)17(19)12-18(2)15-5-4-6-16(11-15)20-3/h4-11H,12H2,1-3H3. The highest BCUT2D eigenvalue weighted by Crippen LogP contribution is 2.20. The number of benzene rings is 2. The van der Waals surface area contributed by atoms with Gasteiger partial charge in [0.1, 0.15) is 5.75 Å². The van der Waals surface area contributed by atoms with E-state index in [0.717, 1.165) is 22.6 Å². The fourth-order valence-corrected chi connectivity index (χ4v) is 1.99. The minimum absolute atomic E-state index is 0.107. The van der Waals surface area contributed by atoms with Crippen molar-refractivity contribution >= 4 is 11.5 Å². The average Bonchev–Trinajstić information content (AvgIpc) is 2.47. The summed E-state index contributed by atoms with van der Waals surface area (Å²) in [7, 11) is 3.54. The number of nitrogens with zero attached hydrogens (tertiary/aromatic N) is 1. The van der Waals surface area contributed by atoms with Crippen molar-refractivity contribution in [3.05, 3.63) is 59.7 Å². The van der Waals surface area contributed by atoms with Crippen LogP contribution in [0.3, 0.4) is 0 Å². The van der Waals surface area contributed by atoms with Crippen molar-refractivity contribution in [1.82, 2.24) is 0 Å². The summed E-state index contributed by atoms with van der Waals surface area (Å²) in [6.45, 7) is 2.35. The van der Waals surface area contributed by atoms with E-state index in [4.69, 9.17) is 4.74 Å². The van der Waals surface area contributed by atoms with Gasteiger partial charge in [-0.05, 0) is 19.1 Å². The van der Waals surface area contributed by atoms with Crippen LogP contribution in [0.15, 0.2) is 48.5 Å². The molecule has 0 N–H and O–H groups in total. The smallest absolute Gasteiger partial charge is 0.182 e. The van der Waals surface area contributed by atoms with E-state index in [1.807, 2.05) is 67.4 Å². The summed E-state index contributed by atoms with van der Waals surface area (Å²) in [5.74, 6) is 0.896. The number of anilines is 1. The van der Waals surface area contributed by atoms with Crippen molar-refractivity contribution in [3.8, 4) is 5.75 Å². The van der Waals surface area contributed by atoms with Gasteiger partial charge in [-0.2, -0.15) is 0 Å². The number of aryl methyl sites for hydroxylation is 1. The van der Waals surface area contributed by atoms with Crippen LogP contribution in [0.5, 0.6) is 5.75 Å². The molecule has 0 saturated carbocycles. The Labute approximate surface area is 119 Å². The number of ketones is 1. The Hall–Kier alpha value is -2.29. The minimum Gasteiger partial charge on any atom is -0.497 e. The first-order valence-corrected chi connectivity index (χ1v) is 6.55. The van der Waals surface area contributed by atoms with Gasteiger partial charge in [-0.3, -0.25) is 4.79 Å². The van der Waals surface area contributed by atoms with E-state index in [9.17, 15) is 4.79 Å². The second-order valence-electron chi connectivity index (χ2n) is 4.85. The van der Waals surface area contributed by atoms with Gasteiger partial charge < -0.3 is 9.64 Å². The fourth-order valence-electron chi connectivity index (χ4n) is 1.99. The second-order valence-corrected chi connectivity index (χ2v) is 4.85. The zero-order valence-electron chi connectivity index (χ0n) is 12.1. The van der Waals surface area contributed by atoms with Crippen molar-refractivity contribution in [2.75, 3.05) is 25.6 Å². The third-order valence-electron chi connectivity index (χ3n) is 3.25. The summed E-state index contributed by atoms with van der Waals surface area (Å²) in [5, 5.41) is 0. The van der Waals surface area contributed by atoms with Gasteiger partial charge in [-0.15, -0.1) is 0 Å². The maximum Gasteiger partial charge on any atom is 0.182 e. The van der Waals surface area contributed by atoms with Crippen LogP contribution in [-0.2, 0) is 0 Å². The molecule has 2 rings (SSSR count). The Morgan fingerprint density at radius 3 is 2.50 bits per heavy atom. The number of ether oxygens (including phenoxy) is 1. The Morgan fingerprint density at radius 2 is 1.85 bits per heavy atom. The molecule has 104 valence electrons. The van der Waals surface area contributed by atoms with Gasteiger partial charge in [0, 0.05) is 24.4 Å².